The minimum Gasteiger partial charge on any atom is -0.507 e. The molecular formula is C25H24N4O2. The third-order valence-electron chi connectivity index (χ3n) is 5.17. The summed E-state index contributed by atoms with van der Waals surface area (Å²) in [5.41, 5.74) is 5.24. The Morgan fingerprint density at radius 2 is 1.81 bits per heavy atom. The van der Waals surface area contributed by atoms with Gasteiger partial charge in [0.15, 0.2) is 5.82 Å². The highest BCUT2D eigenvalue weighted by Gasteiger charge is 2.15. The monoisotopic (exact) mass is 412 g/mol. The van der Waals surface area contributed by atoms with Crippen LogP contribution in [0.4, 0.5) is 0 Å². The van der Waals surface area contributed by atoms with Crippen LogP contribution >= 0.6 is 0 Å². The Bertz CT molecular complexity index is 1170. The molecule has 0 amide bonds. The van der Waals surface area contributed by atoms with E-state index in [0.717, 1.165) is 18.4 Å². The minimum absolute atomic E-state index is 0.0767. The molecule has 0 atom stereocenters. The zero-order valence-electron chi connectivity index (χ0n) is 17.3. The van der Waals surface area contributed by atoms with E-state index in [2.05, 4.69) is 58.5 Å². The molecule has 0 saturated carbocycles. The summed E-state index contributed by atoms with van der Waals surface area (Å²) in [6, 6.07) is 18.6. The first-order valence-corrected chi connectivity index (χ1v) is 10.2. The first kappa shape index (κ1) is 20.3. The Kier molecular flexibility index (Phi) is 6.08. The number of aliphatic hydroxyl groups excluding tert-OH is 1. The molecule has 0 unspecified atom stereocenters. The van der Waals surface area contributed by atoms with Crippen molar-refractivity contribution in [3.63, 3.8) is 0 Å². The molecule has 2 aromatic heterocycles. The maximum absolute atomic E-state index is 12.3. The number of carbonyl (C=O) groups excluding carboxylic acids is 1. The Balaban J connectivity index is 1.61. The van der Waals surface area contributed by atoms with E-state index in [9.17, 15) is 9.90 Å². The number of hydrogen-bond acceptors (Lipinski definition) is 4. The fourth-order valence-corrected chi connectivity index (χ4v) is 3.50. The lowest BCUT2D eigenvalue weighted by atomic mass is 10.0. The molecule has 4 rings (SSSR count). The van der Waals surface area contributed by atoms with Crippen molar-refractivity contribution in [2.75, 3.05) is 0 Å². The van der Waals surface area contributed by atoms with Crippen LogP contribution in [0.1, 0.15) is 38.4 Å². The molecule has 2 N–H and O–H groups in total. The molecule has 0 bridgehead atoms. The van der Waals surface area contributed by atoms with Crippen LogP contribution in [-0.4, -0.2) is 30.6 Å². The predicted octanol–water partition coefficient (Wildman–Crippen LogP) is 4.53. The quantitative estimate of drug-likeness (QED) is 0.253. The smallest absolute Gasteiger partial charge is 0.226 e. The van der Waals surface area contributed by atoms with Crippen LogP contribution in [0.25, 0.3) is 5.76 Å². The number of allylic oxidation sites excluding steroid dienone is 1. The van der Waals surface area contributed by atoms with E-state index < -0.39 is 5.78 Å². The Morgan fingerprint density at radius 1 is 1.03 bits per heavy atom. The topological polar surface area (TPSA) is 83.8 Å². The van der Waals surface area contributed by atoms with Crippen molar-refractivity contribution in [1.29, 1.82) is 0 Å². The molecule has 0 aliphatic rings. The van der Waals surface area contributed by atoms with Gasteiger partial charge in [-0.05, 0) is 36.5 Å². The first-order chi connectivity index (χ1) is 15.1. The molecule has 4 aromatic rings. The molecule has 2 heterocycles. The Labute approximate surface area is 180 Å². The van der Waals surface area contributed by atoms with Crippen LogP contribution in [0.2, 0.25) is 0 Å². The van der Waals surface area contributed by atoms with E-state index in [4.69, 9.17) is 0 Å². The van der Waals surface area contributed by atoms with Gasteiger partial charge >= 0.3 is 0 Å². The fourth-order valence-electron chi connectivity index (χ4n) is 3.50. The van der Waals surface area contributed by atoms with Crippen LogP contribution in [-0.2, 0) is 19.4 Å². The summed E-state index contributed by atoms with van der Waals surface area (Å²) < 4.78 is 2.04. The van der Waals surface area contributed by atoms with Gasteiger partial charge < -0.3 is 9.67 Å². The van der Waals surface area contributed by atoms with Gasteiger partial charge in [0, 0.05) is 30.6 Å². The highest BCUT2D eigenvalue weighted by atomic mass is 16.3. The van der Waals surface area contributed by atoms with Crippen molar-refractivity contribution in [1.82, 2.24) is 19.7 Å². The third-order valence-corrected chi connectivity index (χ3v) is 5.17. The number of hydrogen-bond donors (Lipinski definition) is 2. The number of nitrogens with zero attached hydrogens (tertiary/aromatic N) is 3. The van der Waals surface area contributed by atoms with Crippen LogP contribution in [0.3, 0.4) is 0 Å². The second-order valence-corrected chi connectivity index (χ2v) is 7.57. The number of aromatic amines is 1. The number of rotatable bonds is 8. The standard InChI is InChI=1S/C25H24N4O2/c1-18-7-9-20(10-8-18)14-29-15-21(12-11-19-5-3-2-4-6-19)22(16-29)23(30)13-24(31)25-26-17-27-28-25/h2-10,13,15-17,30H,11-12,14H2,1H3,(H,26,27,28). The van der Waals surface area contributed by atoms with E-state index in [1.54, 1.807) is 0 Å². The first-order valence-electron chi connectivity index (χ1n) is 10.2. The van der Waals surface area contributed by atoms with Crippen molar-refractivity contribution in [3.05, 3.63) is 113 Å². The SMILES string of the molecule is Cc1ccc(Cn2cc(CCc3ccccc3)c(C(O)=CC(=O)c3ncn[nH]3)c2)cc1. The number of carbonyl (C=O) groups is 1. The fraction of sp³-hybridized carbons (Fsp3) is 0.160. The summed E-state index contributed by atoms with van der Waals surface area (Å²) in [6.07, 6.45) is 7.97. The van der Waals surface area contributed by atoms with E-state index >= 15 is 0 Å². The maximum Gasteiger partial charge on any atom is 0.226 e. The molecule has 0 fully saturated rings. The highest BCUT2D eigenvalue weighted by molar-refractivity contribution is 6.05. The average Bonchev–Trinajstić information content (AvgIpc) is 3.45. The van der Waals surface area contributed by atoms with Gasteiger partial charge in [-0.25, -0.2) is 4.98 Å². The lowest BCUT2D eigenvalue weighted by Gasteiger charge is -2.04. The second kappa shape index (κ2) is 9.26. The molecule has 0 saturated heterocycles. The van der Waals surface area contributed by atoms with E-state index in [0.29, 0.717) is 12.1 Å². The van der Waals surface area contributed by atoms with Crippen LogP contribution in [0.5, 0.6) is 0 Å². The summed E-state index contributed by atoms with van der Waals surface area (Å²) in [7, 11) is 0. The van der Waals surface area contributed by atoms with E-state index in [1.165, 1.54) is 29.1 Å². The summed E-state index contributed by atoms with van der Waals surface area (Å²) in [5, 5.41) is 17.0. The number of ketones is 1. The lowest BCUT2D eigenvalue weighted by molar-refractivity contribution is 0.103. The second-order valence-electron chi connectivity index (χ2n) is 7.57. The van der Waals surface area contributed by atoms with E-state index in [1.807, 2.05) is 35.2 Å². The predicted molar refractivity (Wildman–Crippen MR) is 120 cm³/mol. The summed E-state index contributed by atoms with van der Waals surface area (Å²) in [6.45, 7) is 2.75. The molecule has 2 aromatic carbocycles. The van der Waals surface area contributed by atoms with E-state index in [-0.39, 0.29) is 11.6 Å². The third kappa shape index (κ3) is 5.17. The molecular weight excluding hydrogens is 388 g/mol. The number of aromatic nitrogens is 4. The summed E-state index contributed by atoms with van der Waals surface area (Å²) in [4.78, 5) is 16.2. The summed E-state index contributed by atoms with van der Waals surface area (Å²) >= 11 is 0. The van der Waals surface area contributed by atoms with Gasteiger partial charge in [-0.2, -0.15) is 5.10 Å². The van der Waals surface area contributed by atoms with Gasteiger partial charge in [0.1, 0.15) is 12.1 Å². The van der Waals surface area contributed by atoms with Crippen molar-refractivity contribution >= 4 is 11.5 Å². The minimum atomic E-state index is -0.421. The van der Waals surface area contributed by atoms with Gasteiger partial charge in [-0.3, -0.25) is 9.89 Å². The van der Waals surface area contributed by atoms with Crippen LogP contribution < -0.4 is 0 Å². The number of aryl methyl sites for hydroxylation is 3. The van der Waals surface area contributed by atoms with Crippen molar-refractivity contribution < 1.29 is 9.90 Å². The van der Waals surface area contributed by atoms with Crippen molar-refractivity contribution in [2.24, 2.45) is 0 Å². The van der Waals surface area contributed by atoms with Gasteiger partial charge in [0.05, 0.1) is 0 Å². The molecule has 156 valence electrons. The van der Waals surface area contributed by atoms with Crippen LogP contribution in [0.15, 0.2) is 79.4 Å². The van der Waals surface area contributed by atoms with Gasteiger partial charge in [0.2, 0.25) is 5.78 Å². The number of aliphatic hydroxyl groups is 1. The highest BCUT2D eigenvalue weighted by Crippen LogP contribution is 2.22. The zero-order valence-corrected chi connectivity index (χ0v) is 17.3. The maximum atomic E-state index is 12.3. The van der Waals surface area contributed by atoms with Gasteiger partial charge in [-0.15, -0.1) is 0 Å². The molecule has 31 heavy (non-hydrogen) atoms. The molecule has 0 aliphatic heterocycles. The largest absolute Gasteiger partial charge is 0.507 e. The van der Waals surface area contributed by atoms with Crippen LogP contribution in [0, 0.1) is 6.92 Å². The molecule has 6 heteroatoms. The molecule has 0 spiro atoms. The summed E-state index contributed by atoms with van der Waals surface area (Å²) in [5.74, 6) is -0.404. The lowest BCUT2D eigenvalue weighted by Crippen LogP contribution is -2.00. The molecule has 0 aliphatic carbocycles. The molecule has 0 radical (unpaired) electrons. The average molecular weight is 412 g/mol. The number of H-pyrrole nitrogens is 1. The zero-order chi connectivity index (χ0) is 21.6. The molecule has 6 nitrogen and oxygen atoms in total. The normalized spacial score (nSPS) is 11.6. The van der Waals surface area contributed by atoms with Crippen molar-refractivity contribution in [2.45, 2.75) is 26.3 Å². The number of nitrogens with one attached hydrogen (secondary N) is 1. The Hall–Kier alpha value is -3.93. The Morgan fingerprint density at radius 3 is 2.52 bits per heavy atom. The van der Waals surface area contributed by atoms with Crippen molar-refractivity contribution in [3.8, 4) is 0 Å². The van der Waals surface area contributed by atoms with Gasteiger partial charge in [-0.1, -0.05) is 60.2 Å². The number of benzene rings is 2. The van der Waals surface area contributed by atoms with Gasteiger partial charge in [0.25, 0.3) is 0 Å².